The molecule has 1 heterocycles. The number of fused-ring (bicyclic) bond motifs is 1. The van der Waals surface area contributed by atoms with Crippen LogP contribution in [-0.2, 0) is 16.4 Å². The molecule has 0 fully saturated rings. The van der Waals surface area contributed by atoms with Gasteiger partial charge >= 0.3 is 0 Å². The summed E-state index contributed by atoms with van der Waals surface area (Å²) in [5.74, 6) is 0.0958. The van der Waals surface area contributed by atoms with Gasteiger partial charge in [0.2, 0.25) is 10.0 Å². The van der Waals surface area contributed by atoms with Gasteiger partial charge in [-0.25, -0.2) is 8.42 Å². The Balaban J connectivity index is 1.68. The van der Waals surface area contributed by atoms with Crippen molar-refractivity contribution in [2.45, 2.75) is 12.8 Å². The van der Waals surface area contributed by atoms with Gasteiger partial charge in [-0.15, -0.1) is 0 Å². The molecular weight excluding hydrogens is 308 g/mol. The normalized spacial score (nSPS) is 11.5. The lowest BCUT2D eigenvalue weighted by atomic mass is 10.1. The van der Waals surface area contributed by atoms with Gasteiger partial charge in [-0.05, 0) is 42.7 Å². The first-order valence-electron chi connectivity index (χ1n) is 7.52. The van der Waals surface area contributed by atoms with E-state index in [0.717, 1.165) is 22.9 Å². The van der Waals surface area contributed by atoms with Gasteiger partial charge in [0.15, 0.2) is 0 Å². The molecule has 0 aliphatic rings. The van der Waals surface area contributed by atoms with Crippen LogP contribution in [0, 0.1) is 0 Å². The largest absolute Gasteiger partial charge is 0.283 e. The molecular formula is C18H18N2O2S. The van der Waals surface area contributed by atoms with Gasteiger partial charge in [-0.1, -0.05) is 36.4 Å². The predicted octanol–water partition coefficient (Wildman–Crippen LogP) is 3.61. The summed E-state index contributed by atoms with van der Waals surface area (Å²) in [6, 6.07) is 19.0. The fourth-order valence-electron chi connectivity index (χ4n) is 2.52. The van der Waals surface area contributed by atoms with Gasteiger partial charge in [0.1, 0.15) is 0 Å². The van der Waals surface area contributed by atoms with E-state index in [1.807, 2.05) is 42.5 Å². The summed E-state index contributed by atoms with van der Waals surface area (Å²) in [7, 11) is -3.37. The Morgan fingerprint density at radius 1 is 0.913 bits per heavy atom. The lowest BCUT2D eigenvalue weighted by Gasteiger charge is -2.10. The molecule has 0 saturated heterocycles. The summed E-state index contributed by atoms with van der Waals surface area (Å²) >= 11 is 0. The van der Waals surface area contributed by atoms with Crippen LogP contribution >= 0.6 is 0 Å². The molecule has 0 aliphatic carbocycles. The molecule has 23 heavy (non-hydrogen) atoms. The number of anilines is 1. The predicted molar refractivity (Wildman–Crippen MR) is 93.9 cm³/mol. The van der Waals surface area contributed by atoms with E-state index in [1.54, 1.807) is 24.4 Å². The molecule has 5 heteroatoms. The Bertz CT molecular complexity index is 888. The maximum absolute atomic E-state index is 12.3. The smallest absolute Gasteiger partial charge is 0.232 e. The van der Waals surface area contributed by atoms with Crippen LogP contribution in [0.5, 0.6) is 0 Å². The van der Waals surface area contributed by atoms with Crippen molar-refractivity contribution in [3.63, 3.8) is 0 Å². The number of sulfonamides is 1. The lowest BCUT2D eigenvalue weighted by Crippen LogP contribution is -2.17. The highest BCUT2D eigenvalue weighted by molar-refractivity contribution is 7.92. The Morgan fingerprint density at radius 3 is 2.57 bits per heavy atom. The fraction of sp³-hybridized carbons (Fsp3) is 0.167. The molecule has 4 nitrogen and oxygen atoms in total. The molecule has 0 aliphatic heterocycles. The highest BCUT2D eigenvalue weighted by Crippen LogP contribution is 2.22. The van der Waals surface area contributed by atoms with Crippen molar-refractivity contribution < 1.29 is 8.42 Å². The zero-order valence-corrected chi connectivity index (χ0v) is 13.5. The number of nitrogens with zero attached hydrogens (tertiary/aromatic N) is 1. The number of pyridine rings is 1. The fourth-order valence-corrected chi connectivity index (χ4v) is 3.66. The summed E-state index contributed by atoms with van der Waals surface area (Å²) in [5.41, 5.74) is 2.50. The van der Waals surface area contributed by atoms with Gasteiger partial charge < -0.3 is 0 Å². The van der Waals surface area contributed by atoms with E-state index in [2.05, 4.69) is 9.71 Å². The van der Waals surface area contributed by atoms with E-state index < -0.39 is 10.0 Å². The topological polar surface area (TPSA) is 59.1 Å². The van der Waals surface area contributed by atoms with E-state index in [-0.39, 0.29) is 5.75 Å². The third-order valence-electron chi connectivity index (χ3n) is 3.63. The van der Waals surface area contributed by atoms with Crippen LogP contribution in [0.25, 0.3) is 10.9 Å². The molecule has 0 amide bonds. The SMILES string of the molecule is O=S(=O)(CCCc1ccccc1)Nc1cccc2ncccc12. The van der Waals surface area contributed by atoms with Crippen molar-refractivity contribution in [1.29, 1.82) is 0 Å². The second-order valence-corrected chi connectivity index (χ2v) is 7.23. The van der Waals surface area contributed by atoms with E-state index in [4.69, 9.17) is 0 Å². The Morgan fingerprint density at radius 2 is 1.74 bits per heavy atom. The Labute approximate surface area is 136 Å². The van der Waals surface area contributed by atoms with E-state index in [9.17, 15) is 8.42 Å². The van der Waals surface area contributed by atoms with Crippen LogP contribution in [0.3, 0.4) is 0 Å². The van der Waals surface area contributed by atoms with Gasteiger partial charge in [0.05, 0.1) is 17.0 Å². The molecule has 0 bridgehead atoms. The second kappa shape index (κ2) is 6.79. The van der Waals surface area contributed by atoms with Crippen molar-refractivity contribution in [1.82, 2.24) is 4.98 Å². The number of rotatable bonds is 6. The van der Waals surface area contributed by atoms with E-state index >= 15 is 0 Å². The third-order valence-corrected chi connectivity index (χ3v) is 4.99. The molecule has 0 unspecified atom stereocenters. The summed E-state index contributed by atoms with van der Waals surface area (Å²) < 4.78 is 27.3. The van der Waals surface area contributed by atoms with Crippen LogP contribution in [0.2, 0.25) is 0 Å². The molecule has 1 aromatic heterocycles. The first-order valence-corrected chi connectivity index (χ1v) is 9.17. The monoisotopic (exact) mass is 326 g/mol. The zero-order valence-electron chi connectivity index (χ0n) is 12.6. The van der Waals surface area contributed by atoms with E-state index in [1.165, 1.54) is 0 Å². The van der Waals surface area contributed by atoms with Crippen LogP contribution in [0.4, 0.5) is 5.69 Å². The van der Waals surface area contributed by atoms with Crippen LogP contribution in [-0.4, -0.2) is 19.2 Å². The van der Waals surface area contributed by atoms with Crippen molar-refractivity contribution in [2.75, 3.05) is 10.5 Å². The minimum Gasteiger partial charge on any atom is -0.283 e. The molecule has 0 radical (unpaired) electrons. The standard InChI is InChI=1S/C18H18N2O2S/c21-23(22,14-6-9-15-7-2-1-3-8-15)20-18-12-4-11-17-16(18)10-5-13-19-17/h1-5,7-8,10-13,20H,6,9,14H2. The minimum absolute atomic E-state index is 0.0958. The van der Waals surface area contributed by atoms with E-state index in [0.29, 0.717) is 12.1 Å². The number of benzene rings is 2. The van der Waals surface area contributed by atoms with Crippen LogP contribution in [0.1, 0.15) is 12.0 Å². The van der Waals surface area contributed by atoms with Gasteiger partial charge in [0.25, 0.3) is 0 Å². The average molecular weight is 326 g/mol. The number of hydrogen-bond acceptors (Lipinski definition) is 3. The molecule has 0 atom stereocenters. The highest BCUT2D eigenvalue weighted by atomic mass is 32.2. The maximum Gasteiger partial charge on any atom is 0.232 e. The van der Waals surface area contributed by atoms with Crippen molar-refractivity contribution in [3.05, 3.63) is 72.4 Å². The zero-order chi connectivity index (χ0) is 16.1. The van der Waals surface area contributed by atoms with Crippen molar-refractivity contribution >= 4 is 26.6 Å². The molecule has 0 saturated carbocycles. The minimum atomic E-state index is -3.37. The average Bonchev–Trinajstić information content (AvgIpc) is 2.56. The second-order valence-electron chi connectivity index (χ2n) is 5.39. The Kier molecular flexibility index (Phi) is 4.57. The summed E-state index contributed by atoms with van der Waals surface area (Å²) in [5, 5.41) is 0.807. The summed E-state index contributed by atoms with van der Waals surface area (Å²) in [6.45, 7) is 0. The van der Waals surface area contributed by atoms with Gasteiger partial charge in [-0.2, -0.15) is 0 Å². The number of aromatic nitrogens is 1. The molecule has 0 spiro atoms. The van der Waals surface area contributed by atoms with Gasteiger partial charge in [-0.3, -0.25) is 9.71 Å². The van der Waals surface area contributed by atoms with Crippen LogP contribution < -0.4 is 4.72 Å². The van der Waals surface area contributed by atoms with Crippen molar-refractivity contribution in [3.8, 4) is 0 Å². The molecule has 2 aromatic carbocycles. The van der Waals surface area contributed by atoms with Gasteiger partial charge in [0, 0.05) is 11.6 Å². The summed E-state index contributed by atoms with van der Waals surface area (Å²) in [4.78, 5) is 4.24. The van der Waals surface area contributed by atoms with Crippen LogP contribution in [0.15, 0.2) is 66.9 Å². The van der Waals surface area contributed by atoms with Crippen molar-refractivity contribution in [2.24, 2.45) is 0 Å². The quantitative estimate of drug-likeness (QED) is 0.753. The summed E-state index contributed by atoms with van der Waals surface area (Å²) in [6.07, 6.45) is 3.03. The molecule has 118 valence electrons. The number of aryl methyl sites for hydroxylation is 1. The number of hydrogen-bond donors (Lipinski definition) is 1. The number of nitrogens with one attached hydrogen (secondary N) is 1. The Hall–Kier alpha value is -2.40. The first kappa shape index (κ1) is 15.5. The highest BCUT2D eigenvalue weighted by Gasteiger charge is 2.12. The third kappa shape index (κ3) is 4.07. The maximum atomic E-state index is 12.3. The lowest BCUT2D eigenvalue weighted by molar-refractivity contribution is 0.598. The molecule has 1 N–H and O–H groups in total. The molecule has 3 aromatic rings. The first-order chi connectivity index (χ1) is 11.1. The molecule has 3 rings (SSSR count).